The number of carbonyl (C=O) groups is 1. The lowest BCUT2D eigenvalue weighted by molar-refractivity contribution is 0.0598. The van der Waals surface area contributed by atoms with Gasteiger partial charge in [0.15, 0.2) is 0 Å². The second kappa shape index (κ2) is 6.88. The van der Waals surface area contributed by atoms with Gasteiger partial charge in [-0.05, 0) is 26.2 Å². The second-order valence-electron chi connectivity index (χ2n) is 6.20. The summed E-state index contributed by atoms with van der Waals surface area (Å²) < 4.78 is 1.17. The number of H-pyrrole nitrogens is 1. The molecule has 0 aliphatic carbocycles. The highest BCUT2D eigenvalue weighted by Crippen LogP contribution is 2.28. The minimum absolute atomic E-state index is 0.0258. The van der Waals surface area contributed by atoms with E-state index in [0.29, 0.717) is 12.8 Å². The Kier molecular flexibility index (Phi) is 4.65. The van der Waals surface area contributed by atoms with Crippen molar-refractivity contribution in [2.24, 2.45) is 0 Å². The van der Waals surface area contributed by atoms with Crippen LogP contribution < -0.4 is 5.56 Å². The van der Waals surface area contributed by atoms with Crippen LogP contribution in [-0.2, 0) is 0 Å². The molecule has 0 radical (unpaired) electrons. The Morgan fingerprint density at radius 3 is 2.84 bits per heavy atom. The summed E-state index contributed by atoms with van der Waals surface area (Å²) in [5, 5.41) is 2.68. The summed E-state index contributed by atoms with van der Waals surface area (Å²) >= 11 is 0. The number of nitrogens with one attached hydrogen (secondary N) is 1. The van der Waals surface area contributed by atoms with Gasteiger partial charge in [-0.2, -0.15) is 4.52 Å². The molecule has 0 unspecified atom stereocenters. The van der Waals surface area contributed by atoms with Crippen molar-refractivity contribution in [3.63, 3.8) is 0 Å². The van der Waals surface area contributed by atoms with E-state index in [1.807, 2.05) is 0 Å². The van der Waals surface area contributed by atoms with Crippen molar-refractivity contribution in [2.45, 2.75) is 38.3 Å². The van der Waals surface area contributed by atoms with E-state index >= 15 is 0 Å². The smallest absolute Gasteiger partial charge is 0.286 e. The first-order chi connectivity index (χ1) is 12.1. The molecule has 1 amide bonds. The lowest BCUT2D eigenvalue weighted by Crippen LogP contribution is -2.50. The lowest BCUT2D eigenvalue weighted by atomic mass is 9.92. The van der Waals surface area contributed by atoms with Gasteiger partial charge in [-0.15, -0.1) is 13.2 Å². The molecule has 7 heteroatoms. The van der Waals surface area contributed by atoms with E-state index in [4.69, 9.17) is 0 Å². The van der Waals surface area contributed by atoms with E-state index in [9.17, 15) is 9.59 Å². The van der Waals surface area contributed by atoms with E-state index in [0.717, 1.165) is 6.42 Å². The average Bonchev–Trinajstić information content (AvgIpc) is 3.04. The first-order valence-corrected chi connectivity index (χ1v) is 8.19. The highest BCUT2D eigenvalue weighted by molar-refractivity contribution is 5.94. The van der Waals surface area contributed by atoms with Crippen LogP contribution in [0.3, 0.4) is 0 Å². The third-order valence-electron chi connectivity index (χ3n) is 4.41. The number of carbonyl (C=O) groups excluding carboxylic acids is 1. The third kappa shape index (κ3) is 3.05. The normalized spacial score (nSPS) is 20.4. The van der Waals surface area contributed by atoms with Crippen LogP contribution >= 0.6 is 0 Å². The molecule has 130 valence electrons. The summed E-state index contributed by atoms with van der Waals surface area (Å²) in [6.45, 7) is 9.65. The van der Waals surface area contributed by atoms with Gasteiger partial charge in [0.1, 0.15) is 11.9 Å². The monoisotopic (exact) mass is 339 g/mol. The molecule has 3 rings (SSSR count). The Morgan fingerprint density at radius 1 is 1.36 bits per heavy atom. The molecule has 25 heavy (non-hydrogen) atoms. The fraction of sp³-hybridized carbons (Fsp3) is 0.333. The Balaban J connectivity index is 2.06. The van der Waals surface area contributed by atoms with Crippen molar-refractivity contribution < 1.29 is 4.79 Å². The van der Waals surface area contributed by atoms with Crippen LogP contribution in [0.5, 0.6) is 0 Å². The maximum atomic E-state index is 13.2. The van der Waals surface area contributed by atoms with Crippen LogP contribution in [0.2, 0.25) is 0 Å². The molecule has 1 aliphatic rings. The standard InChI is InChI=1S/C18H21N5O2/c1-4-6-13-8-12(3)9-14(7-5-2)22(13)16(24)15-10-19-18-20-11-21-23(18)17(15)25/h4-5,8,10-11,13-14H,1-2,6-7,9H2,3H3,(H,19,20,21)/t13-,14-/m0/s1. The average molecular weight is 339 g/mol. The lowest BCUT2D eigenvalue weighted by Gasteiger charge is -2.40. The van der Waals surface area contributed by atoms with Gasteiger partial charge in [-0.3, -0.25) is 14.7 Å². The van der Waals surface area contributed by atoms with Crippen molar-refractivity contribution in [3.8, 4) is 0 Å². The van der Waals surface area contributed by atoms with Gasteiger partial charge in [-0.1, -0.05) is 23.8 Å². The van der Waals surface area contributed by atoms with Gasteiger partial charge in [0.05, 0.1) is 6.04 Å². The quantitative estimate of drug-likeness (QED) is 0.846. The highest BCUT2D eigenvalue weighted by atomic mass is 16.2. The largest absolute Gasteiger partial charge is 0.328 e. The molecule has 0 saturated heterocycles. The molecule has 0 saturated carbocycles. The highest BCUT2D eigenvalue weighted by Gasteiger charge is 2.34. The Bertz CT molecular complexity index is 908. The zero-order chi connectivity index (χ0) is 18.0. The van der Waals surface area contributed by atoms with E-state index in [2.05, 4.69) is 41.2 Å². The van der Waals surface area contributed by atoms with Crippen LogP contribution in [0.25, 0.3) is 5.78 Å². The van der Waals surface area contributed by atoms with Crippen LogP contribution in [0.15, 0.2) is 54.3 Å². The fourth-order valence-electron chi connectivity index (χ4n) is 3.36. The summed E-state index contributed by atoms with van der Waals surface area (Å²) in [5.41, 5.74) is 0.799. The molecule has 2 atom stereocenters. The summed E-state index contributed by atoms with van der Waals surface area (Å²) in [5.74, 6) is -0.0924. The van der Waals surface area contributed by atoms with E-state index in [1.165, 1.54) is 22.6 Å². The summed E-state index contributed by atoms with van der Waals surface area (Å²) in [7, 11) is 0. The van der Waals surface area contributed by atoms with E-state index < -0.39 is 5.56 Å². The van der Waals surface area contributed by atoms with Gasteiger partial charge in [0.25, 0.3) is 17.2 Å². The van der Waals surface area contributed by atoms with Gasteiger partial charge >= 0.3 is 0 Å². The van der Waals surface area contributed by atoms with Crippen molar-refractivity contribution in [1.29, 1.82) is 0 Å². The molecule has 3 heterocycles. The van der Waals surface area contributed by atoms with Crippen molar-refractivity contribution in [3.05, 3.63) is 65.4 Å². The topological polar surface area (TPSA) is 83.4 Å². The molecule has 0 bridgehead atoms. The van der Waals surface area contributed by atoms with Gasteiger partial charge in [0, 0.05) is 12.2 Å². The molecule has 1 aliphatic heterocycles. The van der Waals surface area contributed by atoms with Crippen LogP contribution in [0.4, 0.5) is 0 Å². The Labute approximate surface area is 145 Å². The van der Waals surface area contributed by atoms with Crippen molar-refractivity contribution >= 4 is 11.7 Å². The molecule has 0 spiro atoms. The third-order valence-corrected chi connectivity index (χ3v) is 4.41. The van der Waals surface area contributed by atoms with Gasteiger partial charge < -0.3 is 4.90 Å². The SMILES string of the molecule is C=CC[C@H]1CC(C)=C[C@H](CC=C)N1C(=O)c1cnc2nc[nH]n2c1=O. The minimum Gasteiger partial charge on any atom is -0.328 e. The predicted octanol–water partition coefficient (Wildman–Crippen LogP) is 2.10. The van der Waals surface area contributed by atoms with Crippen LogP contribution in [0.1, 0.15) is 36.5 Å². The molecule has 0 aromatic carbocycles. The molecule has 2 aromatic rings. The molecule has 2 aromatic heterocycles. The summed E-state index contributed by atoms with van der Waals surface area (Å²) in [4.78, 5) is 35.6. The molecular weight excluding hydrogens is 318 g/mol. The van der Waals surface area contributed by atoms with Gasteiger partial charge in [0.2, 0.25) is 0 Å². The summed E-state index contributed by atoms with van der Waals surface area (Å²) in [6.07, 6.45) is 10.4. The minimum atomic E-state index is -0.450. The number of aromatic nitrogens is 4. The number of rotatable bonds is 5. The van der Waals surface area contributed by atoms with E-state index in [-0.39, 0.29) is 29.3 Å². The molecular formula is C18H21N5O2. The zero-order valence-electron chi connectivity index (χ0n) is 14.2. The van der Waals surface area contributed by atoms with Crippen molar-refractivity contribution in [2.75, 3.05) is 0 Å². The molecule has 7 nitrogen and oxygen atoms in total. The number of nitrogens with zero attached hydrogens (tertiary/aromatic N) is 4. The van der Waals surface area contributed by atoms with E-state index in [1.54, 1.807) is 17.1 Å². The number of amides is 1. The first kappa shape index (κ1) is 16.9. The first-order valence-electron chi connectivity index (χ1n) is 8.19. The second-order valence-corrected chi connectivity index (χ2v) is 6.20. The Morgan fingerprint density at radius 2 is 2.12 bits per heavy atom. The predicted molar refractivity (Wildman–Crippen MR) is 95.4 cm³/mol. The number of hydrogen-bond acceptors (Lipinski definition) is 4. The molecule has 1 N–H and O–H groups in total. The van der Waals surface area contributed by atoms with Crippen LogP contribution in [-0.4, -0.2) is 42.5 Å². The Hall–Kier alpha value is -2.96. The number of hydrogen-bond donors (Lipinski definition) is 1. The maximum Gasteiger partial charge on any atom is 0.286 e. The molecule has 0 fully saturated rings. The number of fused-ring (bicyclic) bond motifs is 1. The van der Waals surface area contributed by atoms with Gasteiger partial charge in [-0.25, -0.2) is 9.97 Å². The maximum absolute atomic E-state index is 13.2. The number of aromatic amines is 1. The van der Waals surface area contributed by atoms with Crippen LogP contribution in [0, 0.1) is 0 Å². The van der Waals surface area contributed by atoms with Crippen molar-refractivity contribution in [1.82, 2.24) is 24.5 Å². The summed E-state index contributed by atoms with van der Waals surface area (Å²) in [6, 6.07) is -0.174. The zero-order valence-corrected chi connectivity index (χ0v) is 14.2. The fourth-order valence-corrected chi connectivity index (χ4v) is 3.36.